The van der Waals surface area contributed by atoms with Gasteiger partial charge in [-0.05, 0) is 30.2 Å². The maximum absolute atomic E-state index is 13.1. The fraction of sp³-hybridized carbons (Fsp3) is 0.381. The highest BCUT2D eigenvalue weighted by atomic mass is 16.2. The van der Waals surface area contributed by atoms with Crippen molar-refractivity contribution < 1.29 is 4.79 Å². The number of benzene rings is 2. The first-order valence-electron chi connectivity index (χ1n) is 9.21. The van der Waals surface area contributed by atoms with E-state index in [1.54, 1.807) is 0 Å². The fourth-order valence-electron chi connectivity index (χ4n) is 3.95. The van der Waals surface area contributed by atoms with Crippen molar-refractivity contribution in [2.45, 2.75) is 12.5 Å². The Hall–Kier alpha value is -2.17. The Morgan fingerprint density at radius 3 is 2.36 bits per heavy atom. The van der Waals surface area contributed by atoms with Crippen LogP contribution in [0.1, 0.15) is 16.8 Å². The van der Waals surface area contributed by atoms with Gasteiger partial charge in [0.05, 0.1) is 0 Å². The van der Waals surface area contributed by atoms with Gasteiger partial charge in [-0.25, -0.2) is 0 Å². The van der Waals surface area contributed by atoms with Crippen molar-refractivity contribution >= 4 is 5.91 Å². The first kappa shape index (κ1) is 16.3. The van der Waals surface area contributed by atoms with Gasteiger partial charge in [-0.3, -0.25) is 9.69 Å². The molecule has 0 aliphatic carbocycles. The summed E-state index contributed by atoms with van der Waals surface area (Å²) < 4.78 is 0. The van der Waals surface area contributed by atoms with Crippen molar-refractivity contribution in [2.75, 3.05) is 39.3 Å². The summed E-state index contributed by atoms with van der Waals surface area (Å²) >= 11 is 0. The molecule has 0 saturated carbocycles. The molecule has 4 heteroatoms. The maximum Gasteiger partial charge on any atom is 0.254 e. The van der Waals surface area contributed by atoms with Gasteiger partial charge in [0.25, 0.3) is 5.91 Å². The van der Waals surface area contributed by atoms with E-state index in [2.05, 4.69) is 22.3 Å². The number of amides is 1. The maximum atomic E-state index is 13.1. The SMILES string of the molecule is O=C(c1ccccc1-c1ccccc1)N1CCN([C@H]2CCNC2)CC1. The predicted molar refractivity (Wildman–Crippen MR) is 101 cm³/mol. The van der Waals surface area contributed by atoms with E-state index in [4.69, 9.17) is 0 Å². The predicted octanol–water partition coefficient (Wildman–Crippen LogP) is 2.47. The number of carbonyl (C=O) groups excluding carboxylic acids is 1. The largest absolute Gasteiger partial charge is 0.336 e. The van der Waals surface area contributed by atoms with Crippen molar-refractivity contribution in [2.24, 2.45) is 0 Å². The number of nitrogens with one attached hydrogen (secondary N) is 1. The molecule has 2 aromatic rings. The van der Waals surface area contributed by atoms with Crippen LogP contribution in [0.5, 0.6) is 0 Å². The van der Waals surface area contributed by atoms with Crippen LogP contribution < -0.4 is 5.32 Å². The van der Waals surface area contributed by atoms with E-state index in [1.165, 1.54) is 6.42 Å². The molecule has 1 N–H and O–H groups in total. The Balaban J connectivity index is 1.49. The minimum atomic E-state index is 0.156. The summed E-state index contributed by atoms with van der Waals surface area (Å²) in [5.41, 5.74) is 2.93. The van der Waals surface area contributed by atoms with Crippen LogP contribution in [0.2, 0.25) is 0 Å². The zero-order chi connectivity index (χ0) is 17.1. The third kappa shape index (κ3) is 3.46. The van der Waals surface area contributed by atoms with Crippen LogP contribution in [0.3, 0.4) is 0 Å². The summed E-state index contributed by atoms with van der Waals surface area (Å²) in [6.07, 6.45) is 1.23. The van der Waals surface area contributed by atoms with Crippen LogP contribution in [-0.2, 0) is 0 Å². The number of carbonyl (C=O) groups is 1. The van der Waals surface area contributed by atoms with Crippen molar-refractivity contribution in [1.82, 2.24) is 15.1 Å². The molecule has 130 valence electrons. The molecule has 0 radical (unpaired) electrons. The van der Waals surface area contributed by atoms with Crippen molar-refractivity contribution in [1.29, 1.82) is 0 Å². The smallest absolute Gasteiger partial charge is 0.254 e. The van der Waals surface area contributed by atoms with E-state index in [-0.39, 0.29) is 5.91 Å². The number of hydrogen-bond donors (Lipinski definition) is 1. The van der Waals surface area contributed by atoms with Gasteiger partial charge < -0.3 is 10.2 Å². The monoisotopic (exact) mass is 335 g/mol. The van der Waals surface area contributed by atoms with Crippen LogP contribution in [0.15, 0.2) is 54.6 Å². The summed E-state index contributed by atoms with van der Waals surface area (Å²) in [6, 6.07) is 18.8. The number of rotatable bonds is 3. The molecule has 1 amide bonds. The van der Waals surface area contributed by atoms with Crippen LogP contribution in [-0.4, -0.2) is 61.0 Å². The normalized spacial score (nSPS) is 21.4. The molecule has 4 rings (SSSR count). The Bertz CT molecular complexity index is 717. The van der Waals surface area contributed by atoms with Gasteiger partial charge in [0.2, 0.25) is 0 Å². The van der Waals surface area contributed by atoms with E-state index in [0.29, 0.717) is 6.04 Å². The van der Waals surface area contributed by atoms with Crippen LogP contribution >= 0.6 is 0 Å². The Labute approximate surface area is 149 Å². The molecule has 2 aliphatic heterocycles. The van der Waals surface area contributed by atoms with E-state index in [1.807, 2.05) is 47.4 Å². The highest BCUT2D eigenvalue weighted by molar-refractivity contribution is 6.00. The van der Waals surface area contributed by atoms with Gasteiger partial charge in [-0.1, -0.05) is 48.5 Å². The molecule has 2 aromatic carbocycles. The molecule has 0 aromatic heterocycles. The highest BCUT2D eigenvalue weighted by Gasteiger charge is 2.28. The molecule has 2 saturated heterocycles. The zero-order valence-corrected chi connectivity index (χ0v) is 14.5. The van der Waals surface area contributed by atoms with E-state index >= 15 is 0 Å². The lowest BCUT2D eigenvalue weighted by Gasteiger charge is -2.38. The second kappa shape index (κ2) is 7.38. The van der Waals surface area contributed by atoms with Gasteiger partial charge in [0.1, 0.15) is 0 Å². The molecule has 0 spiro atoms. The van der Waals surface area contributed by atoms with Crippen LogP contribution in [0, 0.1) is 0 Å². The molecule has 0 bridgehead atoms. The van der Waals surface area contributed by atoms with E-state index < -0.39 is 0 Å². The quantitative estimate of drug-likeness (QED) is 0.936. The zero-order valence-electron chi connectivity index (χ0n) is 14.5. The average molecular weight is 335 g/mol. The summed E-state index contributed by atoms with van der Waals surface area (Å²) in [6.45, 7) is 5.80. The lowest BCUT2D eigenvalue weighted by molar-refractivity contribution is 0.0584. The minimum absolute atomic E-state index is 0.156. The van der Waals surface area contributed by atoms with Crippen LogP contribution in [0.25, 0.3) is 11.1 Å². The molecule has 2 fully saturated rings. The van der Waals surface area contributed by atoms with Gasteiger partial charge in [0.15, 0.2) is 0 Å². The summed E-state index contributed by atoms with van der Waals surface area (Å²) in [4.78, 5) is 17.7. The molecule has 4 nitrogen and oxygen atoms in total. The standard InChI is InChI=1S/C21H25N3O/c25-21(24-14-12-23(13-15-24)18-10-11-22-16-18)20-9-5-4-8-19(20)17-6-2-1-3-7-17/h1-9,18,22H,10-16H2/t18-/m0/s1. The Morgan fingerprint density at radius 1 is 0.920 bits per heavy atom. The van der Waals surface area contributed by atoms with Crippen molar-refractivity contribution in [3.05, 3.63) is 60.2 Å². The first-order valence-corrected chi connectivity index (χ1v) is 9.21. The van der Waals surface area contributed by atoms with E-state index in [9.17, 15) is 4.79 Å². The topological polar surface area (TPSA) is 35.6 Å². The summed E-state index contributed by atoms with van der Waals surface area (Å²) in [5, 5.41) is 3.43. The lowest BCUT2D eigenvalue weighted by atomic mass is 9.98. The molecule has 0 unspecified atom stereocenters. The average Bonchev–Trinajstić information content (AvgIpc) is 3.23. The summed E-state index contributed by atoms with van der Waals surface area (Å²) in [7, 11) is 0. The third-order valence-electron chi connectivity index (χ3n) is 5.39. The Kier molecular flexibility index (Phi) is 4.81. The molecule has 2 heterocycles. The van der Waals surface area contributed by atoms with Crippen molar-refractivity contribution in [3.63, 3.8) is 0 Å². The minimum Gasteiger partial charge on any atom is -0.336 e. The second-order valence-electron chi connectivity index (χ2n) is 6.89. The van der Waals surface area contributed by atoms with Gasteiger partial charge in [-0.15, -0.1) is 0 Å². The third-order valence-corrected chi connectivity index (χ3v) is 5.39. The molecular formula is C21H25N3O. The molecule has 25 heavy (non-hydrogen) atoms. The van der Waals surface area contributed by atoms with Crippen LogP contribution in [0.4, 0.5) is 0 Å². The van der Waals surface area contributed by atoms with Crippen molar-refractivity contribution in [3.8, 4) is 11.1 Å². The highest BCUT2D eigenvalue weighted by Crippen LogP contribution is 2.25. The second-order valence-corrected chi connectivity index (χ2v) is 6.89. The molecule has 2 aliphatic rings. The van der Waals surface area contributed by atoms with Gasteiger partial charge in [0, 0.05) is 44.3 Å². The first-order chi connectivity index (χ1) is 12.3. The van der Waals surface area contributed by atoms with Gasteiger partial charge >= 0.3 is 0 Å². The van der Waals surface area contributed by atoms with Gasteiger partial charge in [-0.2, -0.15) is 0 Å². The lowest BCUT2D eigenvalue weighted by Crippen LogP contribution is -2.52. The number of piperazine rings is 1. The summed E-state index contributed by atoms with van der Waals surface area (Å²) in [5.74, 6) is 0.156. The number of nitrogens with zero attached hydrogens (tertiary/aromatic N) is 2. The number of hydrogen-bond acceptors (Lipinski definition) is 3. The fourth-order valence-corrected chi connectivity index (χ4v) is 3.95. The molecular weight excluding hydrogens is 310 g/mol. The Morgan fingerprint density at radius 2 is 1.64 bits per heavy atom. The van der Waals surface area contributed by atoms with E-state index in [0.717, 1.165) is 56.0 Å². The molecule has 1 atom stereocenters.